The fourth-order valence-electron chi connectivity index (χ4n) is 3.15. The second-order valence-corrected chi connectivity index (χ2v) is 7.58. The van der Waals surface area contributed by atoms with E-state index in [4.69, 9.17) is 9.47 Å². The molecule has 0 spiro atoms. The van der Waals surface area contributed by atoms with Gasteiger partial charge in [0.1, 0.15) is 18.0 Å². The van der Waals surface area contributed by atoms with Crippen molar-refractivity contribution in [2.75, 3.05) is 26.4 Å². The molecule has 0 saturated heterocycles. The molecular formula is C23H32FNO3. The average molecular weight is 390 g/mol. The molecule has 0 aliphatic carbocycles. The molecule has 2 rings (SSSR count). The van der Waals surface area contributed by atoms with Crippen LogP contribution in [0.4, 0.5) is 9.18 Å². The van der Waals surface area contributed by atoms with Crippen LogP contribution in [-0.4, -0.2) is 43.0 Å². The molecule has 28 heavy (non-hydrogen) atoms. The van der Waals surface area contributed by atoms with Gasteiger partial charge in [0.2, 0.25) is 0 Å². The highest BCUT2D eigenvalue weighted by molar-refractivity contribution is 5.68. The number of allylic oxidation sites excluding steroid dienone is 1. The third kappa shape index (κ3) is 7.37. The maximum absolute atomic E-state index is 12.4. The van der Waals surface area contributed by atoms with Crippen molar-refractivity contribution in [2.24, 2.45) is 0 Å². The van der Waals surface area contributed by atoms with Gasteiger partial charge in [0, 0.05) is 13.1 Å². The lowest BCUT2D eigenvalue weighted by Gasteiger charge is -2.27. The summed E-state index contributed by atoms with van der Waals surface area (Å²) < 4.78 is 23.7. The Hall–Kier alpha value is -2.30. The molecule has 1 aromatic rings. The van der Waals surface area contributed by atoms with Gasteiger partial charge in [0.05, 0.1) is 6.67 Å². The van der Waals surface area contributed by atoms with Gasteiger partial charge in [-0.3, -0.25) is 4.39 Å². The van der Waals surface area contributed by atoms with E-state index in [0.29, 0.717) is 26.1 Å². The van der Waals surface area contributed by atoms with E-state index in [2.05, 4.69) is 6.08 Å². The van der Waals surface area contributed by atoms with E-state index in [9.17, 15) is 9.18 Å². The van der Waals surface area contributed by atoms with Crippen molar-refractivity contribution >= 4 is 6.09 Å². The smallest absolute Gasteiger partial charge is 0.410 e. The lowest BCUT2D eigenvalue weighted by molar-refractivity contribution is 0.0420. The van der Waals surface area contributed by atoms with Crippen LogP contribution >= 0.6 is 0 Å². The lowest BCUT2D eigenvalue weighted by Crippen LogP contribution is -2.38. The molecule has 0 saturated carbocycles. The van der Waals surface area contributed by atoms with Crippen LogP contribution in [0.2, 0.25) is 0 Å². The summed E-state index contributed by atoms with van der Waals surface area (Å²) in [6.45, 7) is 7.17. The van der Waals surface area contributed by atoms with Crippen molar-refractivity contribution in [3.05, 3.63) is 53.6 Å². The number of carbonyl (C=O) groups excluding carboxylic acids is 1. The largest absolute Gasteiger partial charge is 0.489 e. The van der Waals surface area contributed by atoms with Crippen molar-refractivity contribution in [2.45, 2.75) is 52.1 Å². The van der Waals surface area contributed by atoms with Crippen LogP contribution in [0.5, 0.6) is 5.75 Å². The van der Waals surface area contributed by atoms with Gasteiger partial charge in [-0.2, -0.15) is 0 Å². The molecule has 0 radical (unpaired) electrons. The van der Waals surface area contributed by atoms with Crippen LogP contribution in [0.3, 0.4) is 0 Å². The third-order valence-corrected chi connectivity index (χ3v) is 4.66. The number of hydrogen-bond donors (Lipinski definition) is 0. The second-order valence-electron chi connectivity index (χ2n) is 7.58. The quantitative estimate of drug-likeness (QED) is 0.553. The van der Waals surface area contributed by atoms with Crippen LogP contribution in [0.1, 0.15) is 45.6 Å². The highest BCUT2D eigenvalue weighted by Crippen LogP contribution is 2.19. The summed E-state index contributed by atoms with van der Waals surface area (Å²) in [7, 11) is 0. The van der Waals surface area contributed by atoms with Crippen LogP contribution in [0.25, 0.3) is 0 Å². The Labute approximate surface area is 168 Å². The highest BCUT2D eigenvalue weighted by atomic mass is 19.1. The number of benzene rings is 1. The molecule has 1 aromatic carbocycles. The van der Waals surface area contributed by atoms with E-state index in [1.165, 1.54) is 5.57 Å². The minimum Gasteiger partial charge on any atom is -0.489 e. The zero-order chi connectivity index (χ0) is 20.4. The molecule has 0 N–H and O–H groups in total. The average Bonchev–Trinajstić information content (AvgIpc) is 2.91. The van der Waals surface area contributed by atoms with Gasteiger partial charge < -0.3 is 14.4 Å². The summed E-state index contributed by atoms with van der Waals surface area (Å²) in [6.07, 6.45) is 8.51. The van der Waals surface area contributed by atoms with Crippen LogP contribution in [0, 0.1) is 0 Å². The fraction of sp³-hybridized carbons (Fsp3) is 0.522. The Morgan fingerprint density at radius 2 is 2.00 bits per heavy atom. The Bertz CT molecular complexity index is 680. The first-order valence-electron chi connectivity index (χ1n) is 10.0. The van der Waals surface area contributed by atoms with Crippen molar-refractivity contribution < 1.29 is 18.7 Å². The maximum Gasteiger partial charge on any atom is 0.410 e. The van der Waals surface area contributed by atoms with Gasteiger partial charge in [-0.15, -0.1) is 0 Å². The molecule has 0 atom stereocenters. The lowest BCUT2D eigenvalue weighted by atomic mass is 10.1. The van der Waals surface area contributed by atoms with Crippen LogP contribution in [-0.2, 0) is 11.2 Å². The molecule has 0 aromatic heterocycles. The Morgan fingerprint density at radius 1 is 1.25 bits per heavy atom. The fourth-order valence-corrected chi connectivity index (χ4v) is 3.15. The number of halogens is 1. The maximum atomic E-state index is 12.4. The van der Waals surface area contributed by atoms with Gasteiger partial charge in [0.25, 0.3) is 0 Å². The van der Waals surface area contributed by atoms with Crippen molar-refractivity contribution in [1.82, 2.24) is 4.90 Å². The molecular weight excluding hydrogens is 357 g/mol. The van der Waals surface area contributed by atoms with E-state index < -0.39 is 5.60 Å². The molecule has 1 aliphatic heterocycles. The SMILES string of the molecule is CC=CC(C)(C)OC(=O)N1CCC=C(COc2ccc(CCCF)cc2)CC1. The Balaban J connectivity index is 1.80. The molecule has 0 fully saturated rings. The van der Waals surface area contributed by atoms with E-state index in [-0.39, 0.29) is 12.8 Å². The van der Waals surface area contributed by atoms with Crippen LogP contribution in [0.15, 0.2) is 48.1 Å². The molecule has 1 heterocycles. The van der Waals surface area contributed by atoms with Gasteiger partial charge in [-0.05, 0) is 75.8 Å². The van der Waals surface area contributed by atoms with E-state index in [1.807, 2.05) is 57.2 Å². The van der Waals surface area contributed by atoms with Gasteiger partial charge in [0.15, 0.2) is 0 Å². The summed E-state index contributed by atoms with van der Waals surface area (Å²) in [5.74, 6) is 0.804. The van der Waals surface area contributed by atoms with E-state index >= 15 is 0 Å². The number of nitrogens with zero attached hydrogens (tertiary/aromatic N) is 1. The highest BCUT2D eigenvalue weighted by Gasteiger charge is 2.24. The monoisotopic (exact) mass is 389 g/mol. The minimum absolute atomic E-state index is 0.275. The number of hydrogen-bond acceptors (Lipinski definition) is 3. The summed E-state index contributed by atoms with van der Waals surface area (Å²) in [5, 5.41) is 0. The van der Waals surface area contributed by atoms with E-state index in [1.54, 1.807) is 4.90 Å². The van der Waals surface area contributed by atoms with Crippen LogP contribution < -0.4 is 4.74 Å². The molecule has 5 heteroatoms. The summed E-state index contributed by atoms with van der Waals surface area (Å²) in [5.41, 5.74) is 1.70. The van der Waals surface area contributed by atoms with E-state index in [0.717, 1.165) is 30.6 Å². The normalized spacial score (nSPS) is 15.3. The molecule has 4 nitrogen and oxygen atoms in total. The number of aryl methyl sites for hydroxylation is 1. The molecule has 0 unspecified atom stereocenters. The number of carbonyl (C=O) groups is 1. The van der Waals surface area contributed by atoms with Gasteiger partial charge in [-0.1, -0.05) is 24.3 Å². The topological polar surface area (TPSA) is 38.8 Å². The molecule has 0 bridgehead atoms. The number of ether oxygens (including phenoxy) is 2. The van der Waals surface area contributed by atoms with Crippen molar-refractivity contribution in [1.29, 1.82) is 0 Å². The first kappa shape index (κ1) is 22.0. The first-order chi connectivity index (χ1) is 13.4. The number of rotatable bonds is 8. The Morgan fingerprint density at radius 3 is 2.68 bits per heavy atom. The zero-order valence-corrected chi connectivity index (χ0v) is 17.2. The summed E-state index contributed by atoms with van der Waals surface area (Å²) in [6, 6.07) is 7.82. The number of alkyl halides is 1. The van der Waals surface area contributed by atoms with Crippen molar-refractivity contribution in [3.8, 4) is 5.75 Å². The number of amides is 1. The summed E-state index contributed by atoms with van der Waals surface area (Å²) in [4.78, 5) is 14.2. The Kier molecular flexibility index (Phi) is 8.55. The third-order valence-electron chi connectivity index (χ3n) is 4.66. The predicted octanol–water partition coefficient (Wildman–Crippen LogP) is 5.48. The second kappa shape index (κ2) is 10.9. The molecule has 154 valence electrons. The molecule has 1 amide bonds. The molecule has 1 aliphatic rings. The predicted molar refractivity (Wildman–Crippen MR) is 110 cm³/mol. The first-order valence-corrected chi connectivity index (χ1v) is 10.0. The summed E-state index contributed by atoms with van der Waals surface area (Å²) >= 11 is 0. The van der Waals surface area contributed by atoms with Gasteiger partial charge in [-0.25, -0.2) is 4.79 Å². The minimum atomic E-state index is -0.603. The zero-order valence-electron chi connectivity index (χ0n) is 17.2. The van der Waals surface area contributed by atoms with Crippen molar-refractivity contribution in [3.63, 3.8) is 0 Å². The van der Waals surface area contributed by atoms with Gasteiger partial charge >= 0.3 is 6.09 Å². The standard InChI is InChI=1S/C23H32FNO3/c1-4-14-23(2,3)28-22(26)25-16-6-8-20(13-17-25)18-27-21-11-9-19(10-12-21)7-5-15-24/h4,8-12,14H,5-7,13,15-18H2,1-3H3.